The van der Waals surface area contributed by atoms with Gasteiger partial charge in [0.1, 0.15) is 11.7 Å². The van der Waals surface area contributed by atoms with E-state index in [0.29, 0.717) is 10.7 Å². The smallest absolute Gasteiger partial charge is 0.336 e. The minimum Gasteiger partial charge on any atom is -0.463 e. The molecule has 146 valence electrons. The lowest BCUT2D eigenvalue weighted by atomic mass is 9.78. The zero-order valence-electron chi connectivity index (χ0n) is 15.7. The summed E-state index contributed by atoms with van der Waals surface area (Å²) in [5, 5.41) is 21.7. The third-order valence-electron chi connectivity index (χ3n) is 4.10. The number of benzene rings is 1. The molecule has 28 heavy (non-hydrogen) atoms. The lowest BCUT2D eigenvalue weighted by Crippen LogP contribution is -2.30. The van der Waals surface area contributed by atoms with Gasteiger partial charge in [-0.3, -0.25) is 14.9 Å². The van der Waals surface area contributed by atoms with Gasteiger partial charge in [0.2, 0.25) is 0 Å². The summed E-state index contributed by atoms with van der Waals surface area (Å²) in [5.74, 6) is -2.51. The van der Waals surface area contributed by atoms with Crippen LogP contribution in [0.3, 0.4) is 0 Å². The number of allylic oxidation sites excluding steroid dienone is 1. The number of nitrogens with zero attached hydrogens (tertiary/aromatic N) is 3. The number of nitro groups is 1. The second kappa shape index (κ2) is 9.28. The number of ether oxygens (including phenoxy) is 1. The van der Waals surface area contributed by atoms with E-state index in [0.717, 1.165) is 11.8 Å². The second-order valence-corrected chi connectivity index (χ2v) is 7.06. The zero-order valence-corrected chi connectivity index (χ0v) is 16.5. The molecule has 0 radical (unpaired) electrons. The van der Waals surface area contributed by atoms with Crippen LogP contribution >= 0.6 is 11.8 Å². The fraction of sp³-hybridized carbons (Fsp3) is 0.368. The van der Waals surface area contributed by atoms with Crippen molar-refractivity contribution in [2.75, 3.05) is 12.4 Å². The first kappa shape index (κ1) is 21.3. The van der Waals surface area contributed by atoms with Gasteiger partial charge >= 0.3 is 5.97 Å². The van der Waals surface area contributed by atoms with Crippen molar-refractivity contribution in [1.29, 1.82) is 5.26 Å². The van der Waals surface area contributed by atoms with Gasteiger partial charge in [0.05, 0.1) is 34.0 Å². The van der Waals surface area contributed by atoms with Crippen molar-refractivity contribution >= 4 is 34.2 Å². The van der Waals surface area contributed by atoms with E-state index in [1.165, 1.54) is 25.1 Å². The molecule has 0 unspecified atom stereocenters. The number of hydrogen-bond acceptors (Lipinski definition) is 8. The predicted molar refractivity (Wildman–Crippen MR) is 105 cm³/mol. The number of Topliss-reactive ketones (excluding diaryl/α,β-unsaturated/α-hetero) is 1. The Morgan fingerprint density at radius 3 is 2.64 bits per heavy atom. The maximum absolute atomic E-state index is 12.6. The van der Waals surface area contributed by atoms with E-state index in [1.807, 2.05) is 0 Å². The number of esters is 1. The summed E-state index contributed by atoms with van der Waals surface area (Å²) in [5.41, 5.74) is 0.478. The number of thioether (sulfide) groups is 1. The van der Waals surface area contributed by atoms with Gasteiger partial charge in [0.15, 0.2) is 0 Å². The molecule has 1 aliphatic heterocycles. The number of nitriles is 1. The zero-order chi connectivity index (χ0) is 20.8. The summed E-state index contributed by atoms with van der Waals surface area (Å²) < 4.78 is 5.12. The van der Waals surface area contributed by atoms with Crippen molar-refractivity contribution in [3.05, 3.63) is 51.2 Å². The van der Waals surface area contributed by atoms with Crippen LogP contribution in [-0.2, 0) is 14.3 Å². The van der Waals surface area contributed by atoms with Crippen LogP contribution in [0.15, 0.2) is 40.5 Å². The lowest BCUT2D eigenvalue weighted by Gasteiger charge is -2.29. The minimum absolute atomic E-state index is 0.0931. The molecule has 1 aliphatic rings. The van der Waals surface area contributed by atoms with Gasteiger partial charge in [-0.2, -0.15) is 5.26 Å². The molecule has 0 fully saturated rings. The number of para-hydroxylation sites is 1. The maximum atomic E-state index is 12.6. The van der Waals surface area contributed by atoms with E-state index in [1.54, 1.807) is 19.9 Å². The molecule has 0 bridgehead atoms. The highest BCUT2D eigenvalue weighted by atomic mass is 32.2. The highest BCUT2D eigenvalue weighted by molar-refractivity contribution is 8.14. The number of rotatable bonds is 6. The number of hydrogen-bond donors (Lipinski definition) is 0. The van der Waals surface area contributed by atoms with Gasteiger partial charge in [0.25, 0.3) is 5.69 Å². The Labute approximate surface area is 166 Å². The molecule has 8 nitrogen and oxygen atoms in total. The highest BCUT2D eigenvalue weighted by Crippen LogP contribution is 2.44. The molecule has 2 rings (SSSR count). The van der Waals surface area contributed by atoms with E-state index < -0.39 is 22.7 Å². The third kappa shape index (κ3) is 4.46. The van der Waals surface area contributed by atoms with E-state index in [-0.39, 0.29) is 35.0 Å². The summed E-state index contributed by atoms with van der Waals surface area (Å²) in [6.45, 7) is 4.78. The average molecular weight is 401 g/mol. The molecule has 0 amide bonds. The highest BCUT2D eigenvalue weighted by Gasteiger charge is 2.42. The molecule has 0 saturated carbocycles. The van der Waals surface area contributed by atoms with E-state index >= 15 is 0 Å². The monoisotopic (exact) mass is 401 g/mol. The molecule has 0 N–H and O–H groups in total. The van der Waals surface area contributed by atoms with Gasteiger partial charge < -0.3 is 4.74 Å². The van der Waals surface area contributed by atoms with Crippen LogP contribution in [0.25, 0.3) is 0 Å². The second-order valence-electron chi connectivity index (χ2n) is 6.06. The Morgan fingerprint density at radius 1 is 1.39 bits per heavy atom. The lowest BCUT2D eigenvalue weighted by molar-refractivity contribution is -0.385. The van der Waals surface area contributed by atoms with Crippen LogP contribution in [0, 0.1) is 27.4 Å². The predicted octanol–water partition coefficient (Wildman–Crippen LogP) is 3.39. The molecule has 0 aliphatic carbocycles. The molecule has 1 heterocycles. The summed E-state index contributed by atoms with van der Waals surface area (Å²) in [7, 11) is 0. The molecule has 0 spiro atoms. The molecule has 1 aromatic carbocycles. The van der Waals surface area contributed by atoms with Crippen LogP contribution in [0.5, 0.6) is 0 Å². The third-order valence-corrected chi connectivity index (χ3v) is 5.30. The van der Waals surface area contributed by atoms with Crippen molar-refractivity contribution in [3.63, 3.8) is 0 Å². The fourth-order valence-electron chi connectivity index (χ4n) is 2.99. The topological polar surface area (TPSA) is 123 Å². The molecular weight excluding hydrogens is 382 g/mol. The van der Waals surface area contributed by atoms with Gasteiger partial charge in [-0.1, -0.05) is 18.2 Å². The Balaban J connectivity index is 2.69. The van der Waals surface area contributed by atoms with Gasteiger partial charge in [-0.15, -0.1) is 11.8 Å². The summed E-state index contributed by atoms with van der Waals surface area (Å²) in [6, 6.07) is 8.10. The number of aliphatic imine (C=N–C) groups is 1. The van der Waals surface area contributed by atoms with Gasteiger partial charge in [-0.25, -0.2) is 9.79 Å². The van der Waals surface area contributed by atoms with Crippen LogP contribution < -0.4 is 0 Å². The van der Waals surface area contributed by atoms with Crippen LogP contribution in [0.1, 0.15) is 32.3 Å². The molecule has 9 heteroatoms. The number of carbonyl (C=O) groups is 2. The Bertz CT molecular complexity index is 916. The standard InChI is InChI=1S/C19H19N3O5S/c1-4-27-19(24)16-12(3)21-18(28-10-11(2)23)14(9-20)17(16)13-7-5-6-8-15(13)22(25)26/h5-8,14,17H,4,10H2,1-3H3/t14-,17+/m1/s1. The Morgan fingerprint density at radius 2 is 2.07 bits per heavy atom. The van der Waals surface area contributed by atoms with E-state index in [2.05, 4.69) is 11.1 Å². The van der Waals surface area contributed by atoms with Crippen molar-refractivity contribution < 1.29 is 19.2 Å². The van der Waals surface area contributed by atoms with Crippen LogP contribution in [-0.4, -0.2) is 34.1 Å². The van der Waals surface area contributed by atoms with Crippen molar-refractivity contribution in [2.45, 2.75) is 26.7 Å². The number of nitro benzene ring substituents is 1. The minimum atomic E-state index is -0.950. The van der Waals surface area contributed by atoms with Gasteiger partial charge in [-0.05, 0) is 20.8 Å². The summed E-state index contributed by atoms with van der Waals surface area (Å²) in [6.07, 6.45) is 0. The molecular formula is C19H19N3O5S. The summed E-state index contributed by atoms with van der Waals surface area (Å²) >= 11 is 1.10. The fourth-order valence-corrected chi connectivity index (χ4v) is 3.91. The Hall–Kier alpha value is -2.99. The van der Waals surface area contributed by atoms with E-state index in [9.17, 15) is 25.0 Å². The normalized spacial score (nSPS) is 18.9. The van der Waals surface area contributed by atoms with Gasteiger partial charge in [0, 0.05) is 23.2 Å². The van der Waals surface area contributed by atoms with Crippen LogP contribution in [0.2, 0.25) is 0 Å². The van der Waals surface area contributed by atoms with E-state index in [4.69, 9.17) is 4.74 Å². The average Bonchev–Trinajstić information content (AvgIpc) is 2.65. The van der Waals surface area contributed by atoms with Crippen molar-refractivity contribution in [1.82, 2.24) is 0 Å². The maximum Gasteiger partial charge on any atom is 0.336 e. The first-order valence-electron chi connectivity index (χ1n) is 8.53. The first-order valence-corrected chi connectivity index (χ1v) is 9.52. The first-order chi connectivity index (χ1) is 13.3. The molecule has 0 saturated heterocycles. The SMILES string of the molecule is CCOC(=O)C1=C(C)N=C(SCC(C)=O)[C@H](C#N)[C@@H]1c1ccccc1[N+](=O)[O-]. The number of carbonyl (C=O) groups excluding carboxylic acids is 2. The quantitative estimate of drug-likeness (QED) is 0.406. The van der Waals surface area contributed by atoms with Crippen LogP contribution in [0.4, 0.5) is 5.69 Å². The number of ketones is 1. The largest absolute Gasteiger partial charge is 0.463 e. The molecule has 0 aromatic heterocycles. The van der Waals surface area contributed by atoms with Crippen molar-refractivity contribution in [3.8, 4) is 6.07 Å². The molecule has 2 atom stereocenters. The molecule has 1 aromatic rings. The summed E-state index contributed by atoms with van der Waals surface area (Å²) in [4.78, 5) is 39.4. The van der Waals surface area contributed by atoms with Crippen molar-refractivity contribution in [2.24, 2.45) is 10.9 Å². The Kier molecular flexibility index (Phi) is 7.06.